The van der Waals surface area contributed by atoms with Crippen LogP contribution in [0.25, 0.3) is 5.52 Å². The average Bonchev–Trinajstić information content (AvgIpc) is 2.84. The van der Waals surface area contributed by atoms with Crippen molar-refractivity contribution in [1.82, 2.24) is 14.6 Å². The molecule has 19 heavy (non-hydrogen) atoms. The number of rotatable bonds is 5. The minimum absolute atomic E-state index is 0.272. The van der Waals surface area contributed by atoms with Crippen molar-refractivity contribution >= 4 is 11.3 Å². The second kappa shape index (κ2) is 5.49. The van der Waals surface area contributed by atoms with E-state index in [1.807, 2.05) is 0 Å². The first kappa shape index (κ1) is 13.7. The van der Waals surface area contributed by atoms with E-state index >= 15 is 0 Å². The molecule has 0 saturated heterocycles. The minimum Gasteiger partial charge on any atom is -0.394 e. The van der Waals surface area contributed by atoms with E-state index in [2.05, 4.69) is 10.1 Å². The van der Waals surface area contributed by atoms with Crippen molar-refractivity contribution < 1.29 is 20.1 Å². The van der Waals surface area contributed by atoms with E-state index in [-0.39, 0.29) is 5.82 Å². The van der Waals surface area contributed by atoms with Crippen molar-refractivity contribution in [1.29, 1.82) is 0 Å². The van der Waals surface area contributed by atoms with E-state index in [0.717, 1.165) is 0 Å². The summed E-state index contributed by atoms with van der Waals surface area (Å²) < 4.78 is 6.28. The maximum absolute atomic E-state index is 10.1. The average molecular weight is 268 g/mol. The van der Waals surface area contributed by atoms with Gasteiger partial charge in [-0.3, -0.25) is 0 Å². The SMILES string of the molecule is CO[C@H](CO)[C@@H](O)[C@@H](O)c1ccc2c(N)ncnn12. The van der Waals surface area contributed by atoms with Crippen LogP contribution in [0.1, 0.15) is 11.8 Å². The van der Waals surface area contributed by atoms with Gasteiger partial charge in [-0.1, -0.05) is 0 Å². The Labute approximate surface area is 109 Å². The van der Waals surface area contributed by atoms with Crippen LogP contribution in [-0.4, -0.2) is 55.8 Å². The summed E-state index contributed by atoms with van der Waals surface area (Å²) in [6.07, 6.45) is -2.19. The molecule has 0 aliphatic carbocycles. The Balaban J connectivity index is 2.36. The predicted molar refractivity (Wildman–Crippen MR) is 66.2 cm³/mol. The third-order valence-corrected chi connectivity index (χ3v) is 3.00. The zero-order valence-electron chi connectivity index (χ0n) is 10.3. The lowest BCUT2D eigenvalue weighted by Gasteiger charge is -2.23. The number of nitrogens with two attached hydrogens (primary N) is 1. The van der Waals surface area contributed by atoms with Gasteiger partial charge >= 0.3 is 0 Å². The van der Waals surface area contributed by atoms with Crippen LogP contribution in [0.3, 0.4) is 0 Å². The monoisotopic (exact) mass is 268 g/mol. The molecule has 5 N–H and O–H groups in total. The summed E-state index contributed by atoms with van der Waals surface area (Å²) in [5.74, 6) is 0.272. The first-order chi connectivity index (χ1) is 9.10. The van der Waals surface area contributed by atoms with Crippen LogP contribution in [0.5, 0.6) is 0 Å². The highest BCUT2D eigenvalue weighted by atomic mass is 16.5. The summed E-state index contributed by atoms with van der Waals surface area (Å²) in [5.41, 5.74) is 6.55. The van der Waals surface area contributed by atoms with Gasteiger partial charge in [0.05, 0.1) is 12.3 Å². The molecule has 2 rings (SSSR count). The summed E-state index contributed by atoms with van der Waals surface area (Å²) in [6.45, 7) is -0.408. The van der Waals surface area contributed by atoms with Crippen molar-refractivity contribution in [2.24, 2.45) is 0 Å². The van der Waals surface area contributed by atoms with Gasteiger partial charge in [0.2, 0.25) is 0 Å². The molecule has 2 aromatic rings. The molecule has 0 saturated carbocycles. The first-order valence-electron chi connectivity index (χ1n) is 5.68. The fourth-order valence-electron chi connectivity index (χ4n) is 1.90. The molecule has 0 aromatic carbocycles. The highest BCUT2D eigenvalue weighted by Crippen LogP contribution is 2.23. The Morgan fingerprint density at radius 1 is 1.42 bits per heavy atom. The van der Waals surface area contributed by atoms with Crippen LogP contribution in [0, 0.1) is 0 Å². The van der Waals surface area contributed by atoms with Gasteiger partial charge in [0.15, 0.2) is 5.82 Å². The molecule has 0 radical (unpaired) electrons. The Bertz CT molecular complexity index is 555. The van der Waals surface area contributed by atoms with E-state index in [1.54, 1.807) is 12.1 Å². The topological polar surface area (TPSA) is 126 Å². The van der Waals surface area contributed by atoms with E-state index < -0.39 is 24.9 Å². The first-order valence-corrected chi connectivity index (χ1v) is 5.68. The summed E-state index contributed by atoms with van der Waals surface area (Å²) in [4.78, 5) is 3.83. The van der Waals surface area contributed by atoms with Gasteiger partial charge in [-0.2, -0.15) is 5.10 Å². The largest absolute Gasteiger partial charge is 0.394 e. The van der Waals surface area contributed by atoms with Gasteiger partial charge < -0.3 is 25.8 Å². The van der Waals surface area contributed by atoms with Crippen molar-refractivity contribution in [3.05, 3.63) is 24.2 Å². The highest BCUT2D eigenvalue weighted by molar-refractivity contribution is 5.65. The molecule has 0 spiro atoms. The van der Waals surface area contributed by atoms with Gasteiger partial charge in [0.25, 0.3) is 0 Å². The number of aliphatic hydroxyl groups is 3. The molecular formula is C11H16N4O4. The van der Waals surface area contributed by atoms with E-state index in [0.29, 0.717) is 11.2 Å². The zero-order valence-corrected chi connectivity index (χ0v) is 10.3. The summed E-state index contributed by atoms with van der Waals surface area (Å²) in [5, 5.41) is 33.1. The van der Waals surface area contributed by atoms with Gasteiger partial charge in [0.1, 0.15) is 30.2 Å². The number of aliphatic hydroxyl groups excluding tert-OH is 3. The number of methoxy groups -OCH3 is 1. The Kier molecular flexibility index (Phi) is 3.96. The Morgan fingerprint density at radius 2 is 2.16 bits per heavy atom. The van der Waals surface area contributed by atoms with Crippen LogP contribution < -0.4 is 5.73 Å². The Hall–Kier alpha value is -1.74. The second-order valence-corrected chi connectivity index (χ2v) is 4.09. The standard InChI is InChI=1S/C11H16N4O4/c1-19-8(4-16)10(18)9(17)6-2-3-7-11(12)13-5-14-15(6)7/h2-3,5,8-10,16-18H,4H2,1H3,(H2,12,13,14)/t8-,9+,10-/m1/s1. The summed E-state index contributed by atoms with van der Waals surface area (Å²) in [7, 11) is 1.34. The fraction of sp³-hybridized carbons (Fsp3) is 0.455. The number of fused-ring (bicyclic) bond motifs is 1. The minimum atomic E-state index is -1.29. The number of aromatic nitrogens is 3. The Morgan fingerprint density at radius 3 is 2.79 bits per heavy atom. The number of nitrogens with zero attached hydrogens (tertiary/aromatic N) is 3. The van der Waals surface area contributed by atoms with E-state index in [4.69, 9.17) is 15.6 Å². The van der Waals surface area contributed by atoms with Crippen molar-refractivity contribution in [3.63, 3.8) is 0 Å². The van der Waals surface area contributed by atoms with Crippen LogP contribution in [0.4, 0.5) is 5.82 Å². The summed E-state index contributed by atoms with van der Waals surface area (Å²) in [6, 6.07) is 3.22. The van der Waals surface area contributed by atoms with Gasteiger partial charge in [-0.15, -0.1) is 0 Å². The van der Waals surface area contributed by atoms with Crippen LogP contribution in [0.15, 0.2) is 18.5 Å². The zero-order chi connectivity index (χ0) is 14.0. The molecule has 8 nitrogen and oxygen atoms in total. The van der Waals surface area contributed by atoms with Crippen molar-refractivity contribution in [2.45, 2.75) is 18.3 Å². The number of ether oxygens (including phenoxy) is 1. The lowest BCUT2D eigenvalue weighted by atomic mass is 10.1. The molecule has 0 bridgehead atoms. The maximum atomic E-state index is 10.1. The highest BCUT2D eigenvalue weighted by Gasteiger charge is 2.29. The third-order valence-electron chi connectivity index (χ3n) is 3.00. The summed E-state index contributed by atoms with van der Waals surface area (Å²) >= 11 is 0. The maximum Gasteiger partial charge on any atom is 0.151 e. The number of hydrogen-bond donors (Lipinski definition) is 4. The van der Waals surface area contributed by atoms with Gasteiger partial charge in [-0.25, -0.2) is 9.50 Å². The molecule has 0 unspecified atom stereocenters. The van der Waals surface area contributed by atoms with Crippen LogP contribution in [-0.2, 0) is 4.74 Å². The quantitative estimate of drug-likeness (QED) is 0.531. The van der Waals surface area contributed by atoms with E-state index in [9.17, 15) is 10.2 Å². The second-order valence-electron chi connectivity index (χ2n) is 4.09. The lowest BCUT2D eigenvalue weighted by molar-refractivity contribution is -0.0953. The molecular weight excluding hydrogens is 252 g/mol. The van der Waals surface area contributed by atoms with Crippen LogP contribution in [0.2, 0.25) is 0 Å². The molecule has 0 fully saturated rings. The molecule has 2 heterocycles. The molecule has 8 heteroatoms. The number of nitrogen functional groups attached to an aromatic ring is 1. The molecule has 0 amide bonds. The lowest BCUT2D eigenvalue weighted by Crippen LogP contribution is -2.36. The molecule has 2 aromatic heterocycles. The third kappa shape index (κ3) is 2.38. The van der Waals surface area contributed by atoms with Crippen molar-refractivity contribution in [3.8, 4) is 0 Å². The van der Waals surface area contributed by atoms with Crippen molar-refractivity contribution in [2.75, 3.05) is 19.5 Å². The molecule has 3 atom stereocenters. The molecule has 104 valence electrons. The number of hydrogen-bond acceptors (Lipinski definition) is 7. The van der Waals surface area contributed by atoms with E-state index in [1.165, 1.54) is 18.0 Å². The predicted octanol–water partition coefficient (Wildman–Crippen LogP) is -1.29. The number of anilines is 1. The fourth-order valence-corrected chi connectivity index (χ4v) is 1.90. The van der Waals surface area contributed by atoms with Gasteiger partial charge in [-0.05, 0) is 12.1 Å². The molecule has 0 aliphatic rings. The van der Waals surface area contributed by atoms with Gasteiger partial charge in [0, 0.05) is 7.11 Å². The van der Waals surface area contributed by atoms with Crippen LogP contribution >= 0.6 is 0 Å². The smallest absolute Gasteiger partial charge is 0.151 e. The molecule has 0 aliphatic heterocycles. The normalized spacial score (nSPS) is 16.4.